The molecule has 1 saturated heterocycles. The molecule has 0 bridgehead atoms. The van der Waals surface area contributed by atoms with E-state index in [1.165, 1.54) is 25.7 Å². The second-order valence-corrected chi connectivity index (χ2v) is 13.9. The standard InChI is InChI=1S/C33H54N10O14/c1-14(2)9-20(32(55)43-8-6-7-22(43)31(54)42-21(13-44)30(53)38-17(5)33(56)57)41-27(50)16(4)37-29(52)18(10-23(35)45)39-24(46)12-36-28(51)19(11-25(47)48)40-26(49)15(3)34/h14-22,44H,6-13,34H2,1-5H3,(H2,35,45)(H,36,51)(H,37,52)(H,38,53)(H,39,46)(H,40,49)(H,41,50)(H,42,54)(H,47,48)(H,56,57). The van der Waals surface area contributed by atoms with Gasteiger partial charge in [0.1, 0.15) is 42.3 Å². The number of carboxylic acid groups (broad SMARTS) is 2. The molecule has 0 radical (unpaired) electrons. The van der Waals surface area contributed by atoms with Crippen molar-refractivity contribution in [2.45, 2.75) is 115 Å². The van der Waals surface area contributed by atoms with Gasteiger partial charge in [0.2, 0.25) is 53.2 Å². The zero-order valence-corrected chi connectivity index (χ0v) is 32.3. The highest BCUT2D eigenvalue weighted by molar-refractivity contribution is 5.98. The van der Waals surface area contributed by atoms with E-state index in [1.807, 2.05) is 0 Å². The number of nitrogens with one attached hydrogen (secondary N) is 7. The lowest BCUT2D eigenvalue weighted by Gasteiger charge is -2.31. The molecule has 24 heteroatoms. The minimum absolute atomic E-state index is 0.0825. The Kier molecular flexibility index (Phi) is 20.0. The van der Waals surface area contributed by atoms with Gasteiger partial charge in [0, 0.05) is 6.54 Å². The molecule has 0 aromatic rings. The highest BCUT2D eigenvalue weighted by Gasteiger charge is 2.40. The molecule has 1 aliphatic heterocycles. The van der Waals surface area contributed by atoms with Crippen LogP contribution >= 0.6 is 0 Å². The lowest BCUT2D eigenvalue weighted by atomic mass is 10.0. The summed E-state index contributed by atoms with van der Waals surface area (Å²) < 4.78 is 0. The number of amides is 9. The molecular formula is C33H54N10O14. The minimum Gasteiger partial charge on any atom is -0.481 e. The number of likely N-dealkylation sites (tertiary alicyclic amines) is 1. The first-order chi connectivity index (χ1) is 26.5. The minimum atomic E-state index is -1.66. The number of carbonyl (C=O) groups is 11. The van der Waals surface area contributed by atoms with Gasteiger partial charge in [-0.3, -0.25) is 52.7 Å². The number of aliphatic hydroxyl groups is 1. The van der Waals surface area contributed by atoms with Gasteiger partial charge in [0.25, 0.3) is 0 Å². The van der Waals surface area contributed by atoms with E-state index in [9.17, 15) is 57.8 Å². The Balaban J connectivity index is 3.01. The second-order valence-electron chi connectivity index (χ2n) is 13.9. The van der Waals surface area contributed by atoms with E-state index in [4.69, 9.17) is 21.7 Å². The third-order valence-corrected chi connectivity index (χ3v) is 8.36. The molecule has 8 unspecified atom stereocenters. The van der Waals surface area contributed by atoms with E-state index < -0.39 is 139 Å². The van der Waals surface area contributed by atoms with Crippen LogP contribution in [0.15, 0.2) is 0 Å². The summed E-state index contributed by atoms with van der Waals surface area (Å²) in [6, 6.07) is -10.9. The Bertz CT molecular complexity index is 1540. The summed E-state index contributed by atoms with van der Waals surface area (Å²) in [5.74, 6) is -11.3. The summed E-state index contributed by atoms with van der Waals surface area (Å²) in [7, 11) is 0. The number of nitrogens with zero attached hydrogens (tertiary/aromatic N) is 1. The predicted molar refractivity (Wildman–Crippen MR) is 195 cm³/mol. The van der Waals surface area contributed by atoms with E-state index >= 15 is 0 Å². The SMILES string of the molecule is CC(C)CC(NC(=O)C(C)NC(=O)C(CC(N)=O)NC(=O)CNC(=O)C(CC(=O)O)NC(=O)C(C)N)C(=O)N1CCCC1C(=O)NC(CO)C(=O)NC(C)C(=O)O. The van der Waals surface area contributed by atoms with Crippen molar-refractivity contribution >= 4 is 65.1 Å². The molecule has 0 spiro atoms. The van der Waals surface area contributed by atoms with Crippen LogP contribution in [0.25, 0.3) is 0 Å². The Morgan fingerprint density at radius 2 is 1.25 bits per heavy atom. The highest BCUT2D eigenvalue weighted by Crippen LogP contribution is 2.21. The van der Waals surface area contributed by atoms with Crippen molar-refractivity contribution in [3.05, 3.63) is 0 Å². The van der Waals surface area contributed by atoms with Crippen LogP contribution in [0.2, 0.25) is 0 Å². The molecule has 14 N–H and O–H groups in total. The first kappa shape index (κ1) is 49.1. The zero-order valence-electron chi connectivity index (χ0n) is 32.3. The fraction of sp³-hybridized carbons (Fsp3) is 0.667. The molecule has 1 rings (SSSR count). The number of nitrogens with two attached hydrogens (primary N) is 2. The average molecular weight is 815 g/mol. The number of hydrogen-bond acceptors (Lipinski definition) is 13. The lowest BCUT2D eigenvalue weighted by Crippen LogP contribution is -2.59. The number of aliphatic hydroxyl groups excluding tert-OH is 1. The quantitative estimate of drug-likeness (QED) is 0.0457. The maximum absolute atomic E-state index is 13.8. The van der Waals surface area contributed by atoms with Crippen LogP contribution in [-0.4, -0.2) is 153 Å². The van der Waals surface area contributed by atoms with Crippen molar-refractivity contribution in [1.29, 1.82) is 0 Å². The molecule has 24 nitrogen and oxygen atoms in total. The Hall–Kier alpha value is -5.91. The maximum Gasteiger partial charge on any atom is 0.325 e. The Labute approximate surface area is 327 Å². The topological polar surface area (TPSA) is 388 Å². The van der Waals surface area contributed by atoms with E-state index in [2.05, 4.69) is 37.2 Å². The third kappa shape index (κ3) is 16.8. The Morgan fingerprint density at radius 1 is 0.684 bits per heavy atom. The lowest BCUT2D eigenvalue weighted by molar-refractivity contribution is -0.144. The summed E-state index contributed by atoms with van der Waals surface area (Å²) >= 11 is 0. The van der Waals surface area contributed by atoms with Gasteiger partial charge in [-0.15, -0.1) is 0 Å². The van der Waals surface area contributed by atoms with E-state index in [0.29, 0.717) is 6.42 Å². The number of carbonyl (C=O) groups excluding carboxylic acids is 9. The van der Waals surface area contributed by atoms with Crippen LogP contribution < -0.4 is 48.7 Å². The number of hydrogen-bond donors (Lipinski definition) is 12. The monoisotopic (exact) mass is 814 g/mol. The first-order valence-corrected chi connectivity index (χ1v) is 18.0. The van der Waals surface area contributed by atoms with Crippen LogP contribution in [-0.2, 0) is 52.7 Å². The maximum atomic E-state index is 13.8. The number of primary amides is 1. The van der Waals surface area contributed by atoms with Crippen molar-refractivity contribution in [2.24, 2.45) is 17.4 Å². The van der Waals surface area contributed by atoms with E-state index in [1.54, 1.807) is 13.8 Å². The molecular weight excluding hydrogens is 760 g/mol. The number of rotatable bonds is 23. The molecule has 1 aliphatic rings. The molecule has 8 atom stereocenters. The van der Waals surface area contributed by atoms with Crippen molar-refractivity contribution in [1.82, 2.24) is 42.1 Å². The van der Waals surface area contributed by atoms with Gasteiger partial charge in [-0.2, -0.15) is 0 Å². The molecule has 1 heterocycles. The van der Waals surface area contributed by atoms with E-state index in [0.717, 1.165) is 0 Å². The van der Waals surface area contributed by atoms with Crippen molar-refractivity contribution in [2.75, 3.05) is 19.7 Å². The molecule has 0 aromatic heterocycles. The van der Waals surface area contributed by atoms with Crippen LogP contribution in [0.4, 0.5) is 0 Å². The summed E-state index contributed by atoms with van der Waals surface area (Å²) in [5.41, 5.74) is 10.7. The first-order valence-electron chi connectivity index (χ1n) is 18.0. The van der Waals surface area contributed by atoms with Crippen LogP contribution in [0.1, 0.15) is 66.7 Å². The number of aliphatic carboxylic acids is 2. The van der Waals surface area contributed by atoms with Crippen molar-refractivity contribution < 1.29 is 68.1 Å². The zero-order chi connectivity index (χ0) is 43.7. The Morgan fingerprint density at radius 3 is 1.77 bits per heavy atom. The molecule has 1 fully saturated rings. The molecule has 0 saturated carbocycles. The van der Waals surface area contributed by atoms with Gasteiger partial charge in [0.15, 0.2) is 0 Å². The van der Waals surface area contributed by atoms with Gasteiger partial charge in [0.05, 0.1) is 32.0 Å². The largest absolute Gasteiger partial charge is 0.481 e. The van der Waals surface area contributed by atoms with Crippen molar-refractivity contribution in [3.8, 4) is 0 Å². The summed E-state index contributed by atoms with van der Waals surface area (Å²) in [5, 5.41) is 43.6. The highest BCUT2D eigenvalue weighted by atomic mass is 16.4. The molecule has 57 heavy (non-hydrogen) atoms. The van der Waals surface area contributed by atoms with Gasteiger partial charge in [-0.1, -0.05) is 13.8 Å². The molecule has 320 valence electrons. The van der Waals surface area contributed by atoms with Crippen molar-refractivity contribution in [3.63, 3.8) is 0 Å². The van der Waals surface area contributed by atoms with Gasteiger partial charge < -0.3 is 68.9 Å². The van der Waals surface area contributed by atoms with Gasteiger partial charge >= 0.3 is 11.9 Å². The van der Waals surface area contributed by atoms with Crippen LogP contribution in [0.5, 0.6) is 0 Å². The predicted octanol–water partition coefficient (Wildman–Crippen LogP) is -6.14. The van der Waals surface area contributed by atoms with Gasteiger partial charge in [-0.25, -0.2) is 0 Å². The smallest absolute Gasteiger partial charge is 0.325 e. The number of carboxylic acids is 2. The van der Waals surface area contributed by atoms with Crippen LogP contribution in [0, 0.1) is 5.92 Å². The van der Waals surface area contributed by atoms with Gasteiger partial charge in [-0.05, 0) is 46.0 Å². The average Bonchev–Trinajstić information content (AvgIpc) is 3.61. The molecule has 0 aromatic carbocycles. The third-order valence-electron chi connectivity index (χ3n) is 8.36. The van der Waals surface area contributed by atoms with E-state index in [-0.39, 0.29) is 25.3 Å². The molecule has 9 amide bonds. The summed E-state index contributed by atoms with van der Waals surface area (Å²) in [6.07, 6.45) is -0.983. The van der Waals surface area contributed by atoms with Crippen LogP contribution in [0.3, 0.4) is 0 Å². The molecule has 0 aliphatic carbocycles. The summed E-state index contributed by atoms with van der Waals surface area (Å²) in [6.45, 7) is 5.62. The second kappa shape index (κ2) is 23.2. The fourth-order valence-electron chi connectivity index (χ4n) is 5.34. The summed E-state index contributed by atoms with van der Waals surface area (Å²) in [4.78, 5) is 138. The fourth-order valence-corrected chi connectivity index (χ4v) is 5.34. The normalized spacial score (nSPS) is 17.3.